The Morgan fingerprint density at radius 2 is 2.35 bits per heavy atom. The fourth-order valence-electron chi connectivity index (χ4n) is 1.17. The van der Waals surface area contributed by atoms with Crippen molar-refractivity contribution in [2.24, 2.45) is 10.9 Å². The highest BCUT2D eigenvalue weighted by Crippen LogP contribution is 2.27. The van der Waals surface area contributed by atoms with E-state index in [1.54, 1.807) is 18.2 Å². The predicted octanol–water partition coefficient (Wildman–Crippen LogP) is 1.53. The Bertz CT molecular complexity index is 448. The van der Waals surface area contributed by atoms with Crippen molar-refractivity contribution in [3.8, 4) is 5.75 Å². The van der Waals surface area contributed by atoms with Crippen LogP contribution in [0.5, 0.6) is 5.75 Å². The molecule has 0 aliphatic rings. The lowest BCUT2D eigenvalue weighted by molar-refractivity contribution is -0.115. The number of hydrogen-bond donors (Lipinski definition) is 3. The van der Waals surface area contributed by atoms with E-state index in [0.29, 0.717) is 11.4 Å². The molecule has 0 radical (unpaired) electrons. The molecule has 17 heavy (non-hydrogen) atoms. The summed E-state index contributed by atoms with van der Waals surface area (Å²) in [7, 11) is 1.50. The topological polar surface area (TPSA) is 96.9 Å². The van der Waals surface area contributed by atoms with Crippen molar-refractivity contribution in [1.82, 2.24) is 0 Å². The molecule has 0 aliphatic carbocycles. The summed E-state index contributed by atoms with van der Waals surface area (Å²) in [5, 5.41) is 13.7. The lowest BCUT2D eigenvalue weighted by Gasteiger charge is -2.10. The number of hydrogen-bond acceptors (Lipinski definition) is 4. The molecule has 1 aromatic rings. The summed E-state index contributed by atoms with van der Waals surface area (Å²) in [5.74, 6) is -0.0192. The molecule has 0 saturated heterocycles. The molecule has 1 rings (SSSR count). The fourth-order valence-corrected chi connectivity index (χ4v) is 1.53. The van der Waals surface area contributed by atoms with Gasteiger partial charge < -0.3 is 21.0 Å². The van der Waals surface area contributed by atoms with Crippen LogP contribution < -0.4 is 15.8 Å². The molecule has 6 nitrogen and oxygen atoms in total. The molecule has 0 aromatic heterocycles. The van der Waals surface area contributed by atoms with Crippen LogP contribution in [0.15, 0.2) is 27.8 Å². The summed E-state index contributed by atoms with van der Waals surface area (Å²) in [4.78, 5) is 11.5. The molecule has 1 aromatic carbocycles. The van der Waals surface area contributed by atoms with E-state index < -0.39 is 5.91 Å². The Morgan fingerprint density at radius 1 is 1.65 bits per heavy atom. The van der Waals surface area contributed by atoms with Crippen LogP contribution in [-0.2, 0) is 4.79 Å². The van der Waals surface area contributed by atoms with Gasteiger partial charge in [-0.2, -0.15) is 0 Å². The minimum Gasteiger partial charge on any atom is -0.495 e. The molecule has 0 fully saturated rings. The van der Waals surface area contributed by atoms with Gasteiger partial charge in [0.25, 0.3) is 0 Å². The molecular formula is C10H12BrN3O3. The van der Waals surface area contributed by atoms with Gasteiger partial charge in [-0.25, -0.2) is 0 Å². The Balaban J connectivity index is 2.80. The third-order valence-corrected chi connectivity index (χ3v) is 2.40. The number of nitrogens with zero attached hydrogens (tertiary/aromatic N) is 1. The molecule has 0 aliphatic heterocycles. The average Bonchev–Trinajstić information content (AvgIpc) is 2.29. The van der Waals surface area contributed by atoms with Gasteiger partial charge in [0.1, 0.15) is 11.6 Å². The number of amides is 1. The van der Waals surface area contributed by atoms with Gasteiger partial charge in [-0.3, -0.25) is 4.79 Å². The van der Waals surface area contributed by atoms with E-state index in [1.807, 2.05) is 0 Å². The minimum absolute atomic E-state index is 0.156. The minimum atomic E-state index is -0.392. The second-order valence-corrected chi connectivity index (χ2v) is 4.08. The van der Waals surface area contributed by atoms with Crippen LogP contribution >= 0.6 is 15.9 Å². The van der Waals surface area contributed by atoms with Crippen LogP contribution in [0.2, 0.25) is 0 Å². The number of carbonyl (C=O) groups excluding carboxylic acids is 1. The number of oxime groups is 1. The van der Waals surface area contributed by atoms with Crippen molar-refractivity contribution in [2.45, 2.75) is 6.42 Å². The Kier molecular flexibility index (Phi) is 4.77. The molecule has 0 atom stereocenters. The number of rotatable bonds is 4. The van der Waals surface area contributed by atoms with Crippen LogP contribution in [0, 0.1) is 0 Å². The zero-order valence-corrected chi connectivity index (χ0v) is 10.7. The van der Waals surface area contributed by atoms with Crippen molar-refractivity contribution in [2.75, 3.05) is 12.4 Å². The highest BCUT2D eigenvalue weighted by Gasteiger charge is 2.09. The highest BCUT2D eigenvalue weighted by atomic mass is 79.9. The molecule has 0 heterocycles. The van der Waals surface area contributed by atoms with Crippen LogP contribution in [-0.4, -0.2) is 24.1 Å². The van der Waals surface area contributed by atoms with E-state index in [-0.39, 0.29) is 12.3 Å². The predicted molar refractivity (Wildman–Crippen MR) is 67.3 cm³/mol. The van der Waals surface area contributed by atoms with Gasteiger partial charge in [0.15, 0.2) is 0 Å². The number of anilines is 1. The average molecular weight is 302 g/mol. The summed E-state index contributed by atoms with van der Waals surface area (Å²) >= 11 is 3.28. The van der Waals surface area contributed by atoms with Crippen LogP contribution in [0.25, 0.3) is 0 Å². The number of nitrogens with two attached hydrogens (primary N) is 1. The lowest BCUT2D eigenvalue weighted by Crippen LogP contribution is -2.22. The summed E-state index contributed by atoms with van der Waals surface area (Å²) < 4.78 is 5.89. The first kappa shape index (κ1) is 13.3. The monoisotopic (exact) mass is 301 g/mol. The van der Waals surface area contributed by atoms with Gasteiger partial charge >= 0.3 is 0 Å². The van der Waals surface area contributed by atoms with Gasteiger partial charge in [-0.15, -0.1) is 0 Å². The third kappa shape index (κ3) is 3.95. The van der Waals surface area contributed by atoms with Crippen LogP contribution in [0.3, 0.4) is 0 Å². The molecule has 0 spiro atoms. The van der Waals surface area contributed by atoms with E-state index in [9.17, 15) is 4.79 Å². The zero-order chi connectivity index (χ0) is 12.8. The Labute approximate surface area is 107 Å². The quantitative estimate of drug-likeness (QED) is 0.340. The van der Waals surface area contributed by atoms with E-state index >= 15 is 0 Å². The van der Waals surface area contributed by atoms with Gasteiger partial charge in [0.2, 0.25) is 5.91 Å². The first-order valence-electron chi connectivity index (χ1n) is 4.66. The number of halogens is 1. The number of carbonyl (C=O) groups is 1. The molecule has 0 saturated carbocycles. The maximum atomic E-state index is 11.5. The van der Waals surface area contributed by atoms with Crippen LogP contribution in [0.1, 0.15) is 6.42 Å². The van der Waals surface area contributed by atoms with E-state index in [1.165, 1.54) is 7.11 Å². The number of methoxy groups -OCH3 is 1. The lowest BCUT2D eigenvalue weighted by atomic mass is 10.2. The molecule has 92 valence electrons. The largest absolute Gasteiger partial charge is 0.495 e. The maximum Gasteiger partial charge on any atom is 0.232 e. The van der Waals surface area contributed by atoms with Crippen molar-refractivity contribution in [3.63, 3.8) is 0 Å². The highest BCUT2D eigenvalue weighted by molar-refractivity contribution is 9.10. The summed E-state index contributed by atoms with van der Waals surface area (Å²) in [6.45, 7) is 0. The van der Waals surface area contributed by atoms with Crippen molar-refractivity contribution in [3.05, 3.63) is 22.7 Å². The third-order valence-electron chi connectivity index (χ3n) is 1.91. The van der Waals surface area contributed by atoms with E-state index in [4.69, 9.17) is 15.7 Å². The van der Waals surface area contributed by atoms with Crippen molar-refractivity contribution in [1.29, 1.82) is 0 Å². The molecule has 1 amide bonds. The van der Waals surface area contributed by atoms with Gasteiger partial charge in [0, 0.05) is 4.47 Å². The van der Waals surface area contributed by atoms with E-state index in [0.717, 1.165) is 4.47 Å². The first-order chi connectivity index (χ1) is 8.06. The number of amidine groups is 1. The van der Waals surface area contributed by atoms with Crippen molar-refractivity contribution >= 4 is 33.4 Å². The number of benzene rings is 1. The SMILES string of the molecule is COc1ccc(Br)cc1NC(=O)CC(N)=NO. The van der Waals surface area contributed by atoms with Gasteiger partial charge in [0.05, 0.1) is 19.2 Å². The maximum absolute atomic E-state index is 11.5. The van der Waals surface area contributed by atoms with Gasteiger partial charge in [-0.1, -0.05) is 21.1 Å². The smallest absolute Gasteiger partial charge is 0.232 e. The number of nitrogens with one attached hydrogen (secondary N) is 1. The summed E-state index contributed by atoms with van der Waals surface area (Å²) in [6.07, 6.45) is -0.188. The first-order valence-corrected chi connectivity index (χ1v) is 5.46. The summed E-state index contributed by atoms with van der Waals surface area (Å²) in [5.41, 5.74) is 5.74. The second-order valence-electron chi connectivity index (χ2n) is 3.16. The van der Waals surface area contributed by atoms with Crippen LogP contribution in [0.4, 0.5) is 5.69 Å². The fraction of sp³-hybridized carbons (Fsp3) is 0.200. The van der Waals surface area contributed by atoms with Gasteiger partial charge in [-0.05, 0) is 18.2 Å². The standard InChI is InChI=1S/C10H12BrN3O3/c1-17-8-3-2-6(11)4-7(8)13-10(15)5-9(12)14-16/h2-4,16H,5H2,1H3,(H2,12,14)(H,13,15). The molecule has 0 bridgehead atoms. The number of ether oxygens (including phenoxy) is 1. The Hall–Kier alpha value is -1.76. The van der Waals surface area contributed by atoms with E-state index in [2.05, 4.69) is 26.4 Å². The summed E-state index contributed by atoms with van der Waals surface area (Å²) in [6, 6.07) is 5.20. The molecule has 4 N–H and O–H groups in total. The molecule has 0 unspecified atom stereocenters. The molecule has 7 heteroatoms. The molecular weight excluding hydrogens is 290 g/mol. The second kappa shape index (κ2) is 6.09. The normalized spacial score (nSPS) is 11.1. The van der Waals surface area contributed by atoms with Crippen molar-refractivity contribution < 1.29 is 14.7 Å². The Morgan fingerprint density at radius 3 is 2.94 bits per heavy atom. The zero-order valence-electron chi connectivity index (χ0n) is 9.11.